The second-order valence-corrected chi connectivity index (χ2v) is 6.31. The molecule has 0 atom stereocenters. The predicted molar refractivity (Wildman–Crippen MR) is 78.8 cm³/mol. The first-order chi connectivity index (χ1) is 9.69. The molecular weight excluding hydrogens is 252 g/mol. The fourth-order valence-corrected chi connectivity index (χ4v) is 3.59. The third-order valence-electron chi connectivity index (χ3n) is 5.07. The van der Waals surface area contributed by atoms with Crippen molar-refractivity contribution in [1.29, 1.82) is 0 Å². The van der Waals surface area contributed by atoms with Gasteiger partial charge in [-0.15, -0.1) is 0 Å². The molecule has 2 aliphatic heterocycles. The first-order valence-electron chi connectivity index (χ1n) is 7.61. The van der Waals surface area contributed by atoms with Crippen molar-refractivity contribution in [3.8, 4) is 11.5 Å². The minimum absolute atomic E-state index is 0.0191. The molecule has 3 N–H and O–H groups in total. The molecule has 0 aliphatic carbocycles. The molecule has 0 aromatic heterocycles. The van der Waals surface area contributed by atoms with Crippen molar-refractivity contribution in [2.75, 3.05) is 26.2 Å². The summed E-state index contributed by atoms with van der Waals surface area (Å²) in [5.74, 6) is 0.0176. The molecule has 4 nitrogen and oxygen atoms in total. The maximum atomic E-state index is 9.89. The van der Waals surface area contributed by atoms with Crippen molar-refractivity contribution >= 4 is 0 Å². The van der Waals surface area contributed by atoms with Crippen LogP contribution in [0.2, 0.25) is 0 Å². The molecule has 0 radical (unpaired) electrons. The van der Waals surface area contributed by atoms with E-state index in [1.54, 1.807) is 6.07 Å². The Kier molecular flexibility index (Phi) is 3.85. The Labute approximate surface area is 120 Å². The zero-order valence-corrected chi connectivity index (χ0v) is 11.9. The van der Waals surface area contributed by atoms with Crippen LogP contribution in [0.15, 0.2) is 18.2 Å². The van der Waals surface area contributed by atoms with Crippen LogP contribution in [-0.2, 0) is 6.54 Å². The molecule has 4 heteroatoms. The van der Waals surface area contributed by atoms with Gasteiger partial charge < -0.3 is 15.5 Å². The van der Waals surface area contributed by atoms with Gasteiger partial charge in [0, 0.05) is 12.1 Å². The van der Waals surface area contributed by atoms with Gasteiger partial charge in [-0.2, -0.15) is 0 Å². The van der Waals surface area contributed by atoms with Crippen LogP contribution in [0.5, 0.6) is 11.5 Å². The van der Waals surface area contributed by atoms with E-state index in [0.29, 0.717) is 5.41 Å². The number of aromatic hydroxyl groups is 2. The van der Waals surface area contributed by atoms with Crippen LogP contribution in [0.25, 0.3) is 0 Å². The highest BCUT2D eigenvalue weighted by Crippen LogP contribution is 2.40. The summed E-state index contributed by atoms with van der Waals surface area (Å²) in [7, 11) is 0. The fourth-order valence-electron chi connectivity index (χ4n) is 3.59. The van der Waals surface area contributed by atoms with E-state index in [-0.39, 0.29) is 11.5 Å². The van der Waals surface area contributed by atoms with Gasteiger partial charge in [0.05, 0.1) is 0 Å². The molecule has 2 heterocycles. The first-order valence-corrected chi connectivity index (χ1v) is 7.61. The van der Waals surface area contributed by atoms with E-state index in [1.807, 2.05) is 6.07 Å². The number of benzene rings is 1. The Morgan fingerprint density at radius 3 is 2.45 bits per heavy atom. The highest BCUT2D eigenvalue weighted by atomic mass is 16.3. The number of hydrogen-bond acceptors (Lipinski definition) is 4. The molecule has 2 aliphatic rings. The summed E-state index contributed by atoms with van der Waals surface area (Å²) in [6.07, 6.45) is 5.12. The van der Waals surface area contributed by atoms with Gasteiger partial charge in [0.25, 0.3) is 0 Å². The lowest BCUT2D eigenvalue weighted by atomic mass is 9.71. The van der Waals surface area contributed by atoms with Crippen molar-refractivity contribution in [3.05, 3.63) is 23.8 Å². The molecule has 0 unspecified atom stereocenters. The number of nitrogens with zero attached hydrogens (tertiary/aromatic N) is 1. The normalized spacial score (nSPS) is 23.0. The second-order valence-electron chi connectivity index (χ2n) is 6.31. The largest absolute Gasteiger partial charge is 0.504 e. The Morgan fingerprint density at radius 2 is 1.75 bits per heavy atom. The van der Waals surface area contributed by atoms with Crippen molar-refractivity contribution in [2.24, 2.45) is 5.41 Å². The van der Waals surface area contributed by atoms with E-state index >= 15 is 0 Å². The van der Waals surface area contributed by atoms with E-state index in [0.717, 1.165) is 38.3 Å². The molecule has 0 saturated carbocycles. The summed E-state index contributed by atoms with van der Waals surface area (Å²) < 4.78 is 0. The molecule has 20 heavy (non-hydrogen) atoms. The Morgan fingerprint density at radius 1 is 1.05 bits per heavy atom. The maximum Gasteiger partial charge on any atom is 0.161 e. The minimum Gasteiger partial charge on any atom is -0.504 e. The summed E-state index contributed by atoms with van der Waals surface area (Å²) in [4.78, 5) is 2.39. The standard InChI is InChI=1S/C16H24N2O2/c19-14-3-1-2-13(15(14)20)12-18-10-6-16(7-11-18)4-8-17-9-5-16/h1-3,17,19-20H,4-12H2. The van der Waals surface area contributed by atoms with E-state index in [1.165, 1.54) is 31.7 Å². The number of piperidine rings is 2. The molecule has 2 fully saturated rings. The second kappa shape index (κ2) is 5.62. The van der Waals surface area contributed by atoms with Crippen LogP contribution < -0.4 is 5.32 Å². The third-order valence-corrected chi connectivity index (χ3v) is 5.07. The van der Waals surface area contributed by atoms with Crippen molar-refractivity contribution in [2.45, 2.75) is 32.2 Å². The van der Waals surface area contributed by atoms with Gasteiger partial charge in [0.1, 0.15) is 0 Å². The zero-order valence-electron chi connectivity index (χ0n) is 11.9. The predicted octanol–water partition coefficient (Wildman–Crippen LogP) is 2.06. The van der Waals surface area contributed by atoms with Crippen LogP contribution in [0.4, 0.5) is 0 Å². The third kappa shape index (κ3) is 2.76. The topological polar surface area (TPSA) is 55.7 Å². The average Bonchev–Trinajstić information content (AvgIpc) is 2.47. The highest BCUT2D eigenvalue weighted by Gasteiger charge is 2.35. The molecular formula is C16H24N2O2. The van der Waals surface area contributed by atoms with Crippen LogP contribution in [-0.4, -0.2) is 41.3 Å². The Bertz CT molecular complexity index is 460. The van der Waals surface area contributed by atoms with Crippen LogP contribution in [0.3, 0.4) is 0 Å². The van der Waals surface area contributed by atoms with Crippen molar-refractivity contribution in [3.63, 3.8) is 0 Å². The fraction of sp³-hybridized carbons (Fsp3) is 0.625. The van der Waals surface area contributed by atoms with Gasteiger partial charge in [-0.25, -0.2) is 0 Å². The molecule has 1 aromatic carbocycles. The summed E-state index contributed by atoms with van der Waals surface area (Å²) in [5, 5.41) is 22.9. The minimum atomic E-state index is -0.0191. The lowest BCUT2D eigenvalue weighted by molar-refractivity contribution is 0.0697. The first kappa shape index (κ1) is 13.7. The summed E-state index contributed by atoms with van der Waals surface area (Å²) in [6, 6.07) is 5.21. The van der Waals surface area contributed by atoms with Crippen molar-refractivity contribution in [1.82, 2.24) is 10.2 Å². The summed E-state index contributed by atoms with van der Waals surface area (Å²) in [6.45, 7) is 5.24. The number of para-hydroxylation sites is 1. The number of phenolic OH excluding ortho intramolecular Hbond substituents is 2. The monoisotopic (exact) mass is 276 g/mol. The molecule has 0 bridgehead atoms. The molecule has 110 valence electrons. The number of rotatable bonds is 2. The van der Waals surface area contributed by atoms with Gasteiger partial charge >= 0.3 is 0 Å². The van der Waals surface area contributed by atoms with E-state index < -0.39 is 0 Å². The van der Waals surface area contributed by atoms with Gasteiger partial charge in [-0.3, -0.25) is 4.90 Å². The summed E-state index contributed by atoms with van der Waals surface area (Å²) >= 11 is 0. The Hall–Kier alpha value is -1.26. The Balaban J connectivity index is 1.60. The van der Waals surface area contributed by atoms with Crippen molar-refractivity contribution < 1.29 is 10.2 Å². The van der Waals surface area contributed by atoms with E-state index in [4.69, 9.17) is 0 Å². The quantitative estimate of drug-likeness (QED) is 0.724. The average molecular weight is 276 g/mol. The van der Waals surface area contributed by atoms with Gasteiger partial charge in [0.2, 0.25) is 0 Å². The lowest BCUT2D eigenvalue weighted by Crippen LogP contribution is -2.45. The molecule has 0 amide bonds. The number of hydrogen-bond donors (Lipinski definition) is 3. The SMILES string of the molecule is Oc1cccc(CN2CCC3(CCNCC3)CC2)c1O. The maximum absolute atomic E-state index is 9.89. The molecule has 3 rings (SSSR count). The van der Waals surface area contributed by atoms with Gasteiger partial charge in [0.15, 0.2) is 11.5 Å². The number of phenols is 2. The van der Waals surface area contributed by atoms with Crippen LogP contribution in [0, 0.1) is 5.41 Å². The van der Waals surface area contributed by atoms with E-state index in [2.05, 4.69) is 10.2 Å². The zero-order chi connectivity index (χ0) is 14.0. The smallest absolute Gasteiger partial charge is 0.161 e. The number of likely N-dealkylation sites (tertiary alicyclic amines) is 1. The number of nitrogens with one attached hydrogen (secondary N) is 1. The molecule has 1 spiro atoms. The summed E-state index contributed by atoms with van der Waals surface area (Å²) in [5.41, 5.74) is 1.38. The van der Waals surface area contributed by atoms with Crippen LogP contribution >= 0.6 is 0 Å². The van der Waals surface area contributed by atoms with Gasteiger partial charge in [-0.05, 0) is 63.3 Å². The van der Waals surface area contributed by atoms with E-state index in [9.17, 15) is 10.2 Å². The molecule has 1 aromatic rings. The lowest BCUT2D eigenvalue weighted by Gasteiger charge is -2.44. The highest BCUT2D eigenvalue weighted by molar-refractivity contribution is 5.44. The van der Waals surface area contributed by atoms with Gasteiger partial charge in [-0.1, -0.05) is 12.1 Å². The molecule has 2 saturated heterocycles. The van der Waals surface area contributed by atoms with Crippen LogP contribution in [0.1, 0.15) is 31.2 Å².